The number of carbonyl (C=O) groups is 1. The summed E-state index contributed by atoms with van der Waals surface area (Å²) in [6.45, 7) is 6.18. The van der Waals surface area contributed by atoms with Crippen LogP contribution in [-0.2, 0) is 16.5 Å². The van der Waals surface area contributed by atoms with Gasteiger partial charge in [-0.3, -0.25) is 0 Å². The van der Waals surface area contributed by atoms with Crippen molar-refractivity contribution in [2.75, 3.05) is 23.3 Å². The van der Waals surface area contributed by atoms with Crippen LogP contribution >= 0.6 is 0 Å². The van der Waals surface area contributed by atoms with Crippen molar-refractivity contribution in [3.63, 3.8) is 0 Å². The van der Waals surface area contributed by atoms with E-state index in [0.717, 1.165) is 50.5 Å². The number of halogens is 3. The molecule has 43 heavy (non-hydrogen) atoms. The molecule has 2 heterocycles. The molecule has 4 aromatic rings. The average Bonchev–Trinajstić information content (AvgIpc) is 3.30. The topological polar surface area (TPSA) is 50.8 Å². The van der Waals surface area contributed by atoms with Crippen LogP contribution in [0.1, 0.15) is 72.1 Å². The Hall–Kier alpha value is -4.46. The quantitative estimate of drug-likeness (QED) is 0.198. The molecule has 1 spiro atoms. The van der Waals surface area contributed by atoms with Gasteiger partial charge in [-0.25, -0.2) is 4.79 Å². The van der Waals surface area contributed by atoms with E-state index >= 15 is 0 Å². The highest BCUT2D eigenvalue weighted by Crippen LogP contribution is 2.57. The van der Waals surface area contributed by atoms with Gasteiger partial charge < -0.3 is 19.7 Å². The van der Waals surface area contributed by atoms with Gasteiger partial charge in [0.25, 0.3) is 0 Å². The average molecular weight is 587 g/mol. The van der Waals surface area contributed by atoms with Gasteiger partial charge in [0.2, 0.25) is 0 Å². The second-order valence-electron chi connectivity index (χ2n) is 11.0. The number of hydrogen-bond donors (Lipinski definition) is 1. The van der Waals surface area contributed by atoms with Crippen LogP contribution in [0, 0.1) is 0 Å². The van der Waals surface area contributed by atoms with Gasteiger partial charge in [-0.2, -0.15) is 13.2 Å². The Balaban J connectivity index is 1.48. The third kappa shape index (κ3) is 5.09. The molecule has 2 aliphatic heterocycles. The lowest BCUT2D eigenvalue weighted by Crippen LogP contribution is -2.33. The molecule has 0 saturated carbocycles. The van der Waals surface area contributed by atoms with Gasteiger partial charge in [0.05, 0.1) is 16.8 Å². The number of nitrogens with zero attached hydrogens (tertiary/aromatic N) is 1. The minimum Gasteiger partial charge on any atom is -0.456 e. The molecule has 1 unspecified atom stereocenters. The lowest BCUT2D eigenvalue weighted by Gasteiger charge is -2.37. The van der Waals surface area contributed by atoms with E-state index < -0.39 is 23.3 Å². The molecule has 8 heteroatoms. The monoisotopic (exact) mass is 586 g/mol. The Morgan fingerprint density at radius 2 is 1.51 bits per heavy atom. The van der Waals surface area contributed by atoms with Crippen molar-refractivity contribution in [3.8, 4) is 11.5 Å². The van der Waals surface area contributed by atoms with Gasteiger partial charge in [0.15, 0.2) is 5.60 Å². The van der Waals surface area contributed by atoms with Gasteiger partial charge >= 0.3 is 12.1 Å². The van der Waals surface area contributed by atoms with Crippen LogP contribution in [-0.4, -0.2) is 19.1 Å². The summed E-state index contributed by atoms with van der Waals surface area (Å²) in [7, 11) is 0. The number of fused-ring (bicyclic) bond motifs is 6. The third-order valence-corrected chi connectivity index (χ3v) is 8.14. The maximum absolute atomic E-state index is 13.7. The summed E-state index contributed by atoms with van der Waals surface area (Å²) in [5, 5.41) is 2.94. The first-order chi connectivity index (χ1) is 20.8. The second-order valence-corrected chi connectivity index (χ2v) is 11.0. The largest absolute Gasteiger partial charge is 0.456 e. The molecule has 0 aromatic heterocycles. The van der Waals surface area contributed by atoms with E-state index in [1.165, 1.54) is 12.1 Å². The number of esters is 1. The molecule has 0 fully saturated rings. The Kier molecular flexibility index (Phi) is 7.54. The molecule has 4 aromatic carbocycles. The van der Waals surface area contributed by atoms with E-state index in [0.29, 0.717) is 39.4 Å². The van der Waals surface area contributed by atoms with Gasteiger partial charge in [0.1, 0.15) is 11.5 Å². The molecule has 6 rings (SSSR count). The number of anilines is 3. The standard InChI is InChI=1S/C35H33F3N2O3/c1-3-5-19-40(20-6-4-2)24-16-17-28-32(22-24)42-31-18-15-23(39-30-14-10-9-13-27(30)35(36,37)38)21-29(31)34(28)26-12-8-7-11-25(26)33(41)43-34/h7-18,21-22,39H,3-6,19-20H2,1-2H3. The van der Waals surface area contributed by atoms with Gasteiger partial charge in [0, 0.05) is 47.2 Å². The van der Waals surface area contributed by atoms with E-state index in [2.05, 4.69) is 24.1 Å². The molecular weight excluding hydrogens is 553 g/mol. The smallest absolute Gasteiger partial charge is 0.418 e. The molecule has 0 bridgehead atoms. The SMILES string of the molecule is CCCCN(CCCC)c1ccc2c(c1)Oc1ccc(Nc3ccccc3C(F)(F)F)cc1C21OC(=O)c2ccccc21. The maximum Gasteiger partial charge on any atom is 0.418 e. The summed E-state index contributed by atoms with van der Waals surface area (Å²) in [4.78, 5) is 15.6. The molecule has 0 aliphatic carbocycles. The van der Waals surface area contributed by atoms with Crippen LogP contribution in [0.15, 0.2) is 84.9 Å². The number of para-hydroxylation sites is 1. The molecular formula is C35H33F3N2O3. The fourth-order valence-electron chi connectivity index (χ4n) is 6.00. The molecule has 1 atom stereocenters. The van der Waals surface area contributed by atoms with Crippen LogP contribution < -0.4 is 15.0 Å². The van der Waals surface area contributed by atoms with Crippen molar-refractivity contribution in [1.29, 1.82) is 0 Å². The second kappa shape index (κ2) is 11.3. The number of benzene rings is 4. The molecule has 1 N–H and O–H groups in total. The Morgan fingerprint density at radius 1 is 0.791 bits per heavy atom. The van der Waals surface area contributed by atoms with Crippen molar-refractivity contribution in [2.45, 2.75) is 51.3 Å². The number of rotatable bonds is 9. The summed E-state index contributed by atoms with van der Waals surface area (Å²) in [6, 6.07) is 23.7. The normalized spacial score (nSPS) is 16.6. The lowest BCUT2D eigenvalue weighted by atomic mass is 9.77. The fourth-order valence-corrected chi connectivity index (χ4v) is 6.00. The van der Waals surface area contributed by atoms with E-state index in [1.54, 1.807) is 36.4 Å². The highest BCUT2D eigenvalue weighted by atomic mass is 19.4. The number of nitrogens with one attached hydrogen (secondary N) is 1. The van der Waals surface area contributed by atoms with Crippen molar-refractivity contribution >= 4 is 23.0 Å². The molecule has 0 saturated heterocycles. The minimum atomic E-state index is -4.53. The van der Waals surface area contributed by atoms with Gasteiger partial charge in [-0.05, 0) is 61.4 Å². The van der Waals surface area contributed by atoms with Gasteiger partial charge in [-0.1, -0.05) is 57.0 Å². The zero-order valence-electron chi connectivity index (χ0n) is 24.1. The van der Waals surface area contributed by atoms with E-state index in [1.807, 2.05) is 30.3 Å². The maximum atomic E-state index is 13.7. The van der Waals surface area contributed by atoms with E-state index in [-0.39, 0.29) is 5.69 Å². The van der Waals surface area contributed by atoms with E-state index in [4.69, 9.17) is 9.47 Å². The zero-order chi connectivity index (χ0) is 30.2. The highest BCUT2D eigenvalue weighted by molar-refractivity contribution is 5.97. The number of unbranched alkanes of at least 4 members (excludes halogenated alkanes) is 2. The summed E-state index contributed by atoms with van der Waals surface area (Å²) in [6.07, 6.45) is -0.242. The summed E-state index contributed by atoms with van der Waals surface area (Å²) >= 11 is 0. The number of ether oxygens (including phenoxy) is 2. The summed E-state index contributed by atoms with van der Waals surface area (Å²) in [5.41, 5.74) is 1.57. The van der Waals surface area contributed by atoms with Crippen molar-refractivity contribution in [1.82, 2.24) is 0 Å². The van der Waals surface area contributed by atoms with Crippen LogP contribution in [0.4, 0.5) is 30.2 Å². The predicted molar refractivity (Wildman–Crippen MR) is 161 cm³/mol. The van der Waals surface area contributed by atoms with Crippen molar-refractivity contribution in [3.05, 3.63) is 113 Å². The molecule has 0 amide bonds. The number of hydrogen-bond acceptors (Lipinski definition) is 5. The van der Waals surface area contributed by atoms with Crippen LogP contribution in [0.25, 0.3) is 0 Å². The molecule has 5 nitrogen and oxygen atoms in total. The summed E-state index contributed by atoms with van der Waals surface area (Å²) in [5.74, 6) is 0.583. The van der Waals surface area contributed by atoms with Crippen molar-refractivity contribution < 1.29 is 27.4 Å². The van der Waals surface area contributed by atoms with Crippen molar-refractivity contribution in [2.24, 2.45) is 0 Å². The van der Waals surface area contributed by atoms with Crippen LogP contribution in [0.5, 0.6) is 11.5 Å². The van der Waals surface area contributed by atoms with Crippen LogP contribution in [0.3, 0.4) is 0 Å². The van der Waals surface area contributed by atoms with Crippen LogP contribution in [0.2, 0.25) is 0 Å². The van der Waals surface area contributed by atoms with E-state index in [9.17, 15) is 18.0 Å². The lowest BCUT2D eigenvalue weighted by molar-refractivity contribution is -0.136. The Bertz CT molecular complexity index is 1660. The first-order valence-corrected chi connectivity index (χ1v) is 14.7. The minimum absolute atomic E-state index is 0.0752. The Labute approximate surface area is 249 Å². The molecule has 2 aliphatic rings. The highest BCUT2D eigenvalue weighted by Gasteiger charge is 2.53. The zero-order valence-corrected chi connectivity index (χ0v) is 24.1. The Morgan fingerprint density at radius 3 is 2.26 bits per heavy atom. The van der Waals surface area contributed by atoms with Gasteiger partial charge in [-0.15, -0.1) is 0 Å². The predicted octanol–water partition coefficient (Wildman–Crippen LogP) is 9.42. The molecule has 0 radical (unpaired) electrons. The number of alkyl halides is 3. The summed E-state index contributed by atoms with van der Waals surface area (Å²) < 4.78 is 54.0. The fraction of sp³-hybridized carbons (Fsp3) is 0.286. The number of carbonyl (C=O) groups excluding carboxylic acids is 1. The first kappa shape index (κ1) is 28.6. The third-order valence-electron chi connectivity index (χ3n) is 8.14. The molecule has 222 valence electrons. The first-order valence-electron chi connectivity index (χ1n) is 14.7.